The number of aryl methyl sites for hydroxylation is 1. The lowest BCUT2D eigenvalue weighted by atomic mass is 10.0. The molecule has 2 atom stereocenters. The second-order valence-electron chi connectivity index (χ2n) is 6.33. The topological polar surface area (TPSA) is 62.3 Å². The number of carbonyl (C=O) groups is 2. The highest BCUT2D eigenvalue weighted by atomic mass is 16.2. The van der Waals surface area contributed by atoms with Gasteiger partial charge in [0, 0.05) is 26.4 Å². The van der Waals surface area contributed by atoms with Crippen LogP contribution in [0, 0.1) is 6.92 Å². The van der Waals surface area contributed by atoms with Crippen molar-refractivity contribution in [1.82, 2.24) is 15.2 Å². The van der Waals surface area contributed by atoms with E-state index in [0.717, 1.165) is 16.7 Å². The van der Waals surface area contributed by atoms with Gasteiger partial charge in [-0.15, -0.1) is 0 Å². The average molecular weight is 339 g/mol. The summed E-state index contributed by atoms with van der Waals surface area (Å²) >= 11 is 0. The molecule has 0 aliphatic heterocycles. The van der Waals surface area contributed by atoms with Gasteiger partial charge in [0.1, 0.15) is 0 Å². The molecule has 0 radical (unpaired) electrons. The third kappa shape index (κ3) is 5.14. The number of hydrogen-bond acceptors (Lipinski definition) is 3. The number of nitrogens with one attached hydrogen (secondary N) is 1. The first kappa shape index (κ1) is 18.6. The van der Waals surface area contributed by atoms with Crippen LogP contribution in [0.4, 0.5) is 0 Å². The normalized spacial score (nSPS) is 13.0. The molecular formula is C20H25N3O2. The van der Waals surface area contributed by atoms with Gasteiger partial charge in [0.05, 0.1) is 18.5 Å². The molecule has 0 aliphatic rings. The van der Waals surface area contributed by atoms with Crippen molar-refractivity contribution in [3.8, 4) is 0 Å². The molecule has 0 aliphatic carbocycles. The fourth-order valence-electron chi connectivity index (χ4n) is 2.70. The molecule has 2 aromatic rings. The maximum atomic E-state index is 12.7. The Bertz CT molecular complexity index is 713. The van der Waals surface area contributed by atoms with Crippen molar-refractivity contribution >= 4 is 11.8 Å². The quantitative estimate of drug-likeness (QED) is 0.879. The number of amides is 2. The van der Waals surface area contributed by atoms with E-state index in [2.05, 4.69) is 10.3 Å². The molecule has 1 heterocycles. The summed E-state index contributed by atoms with van der Waals surface area (Å²) in [6, 6.07) is 11.3. The number of carbonyl (C=O) groups excluding carboxylic acids is 2. The first-order valence-corrected chi connectivity index (χ1v) is 8.37. The fourth-order valence-corrected chi connectivity index (χ4v) is 2.70. The molecule has 0 saturated heterocycles. The van der Waals surface area contributed by atoms with Crippen molar-refractivity contribution in [3.05, 3.63) is 65.5 Å². The molecule has 0 spiro atoms. The second kappa shape index (κ2) is 8.42. The van der Waals surface area contributed by atoms with E-state index in [1.165, 1.54) is 6.92 Å². The summed E-state index contributed by atoms with van der Waals surface area (Å²) in [5, 5.41) is 2.88. The van der Waals surface area contributed by atoms with Gasteiger partial charge in [-0.05, 0) is 37.1 Å². The van der Waals surface area contributed by atoms with E-state index in [9.17, 15) is 9.59 Å². The molecular weight excluding hydrogens is 314 g/mol. The highest BCUT2D eigenvalue weighted by Crippen LogP contribution is 2.23. The minimum Gasteiger partial charge on any atom is -0.349 e. The molecule has 25 heavy (non-hydrogen) atoms. The van der Waals surface area contributed by atoms with Crippen LogP contribution in [0.25, 0.3) is 0 Å². The predicted octanol–water partition coefficient (Wildman–Crippen LogP) is 3.18. The second-order valence-corrected chi connectivity index (χ2v) is 6.33. The Kier molecular flexibility index (Phi) is 6.28. The summed E-state index contributed by atoms with van der Waals surface area (Å²) in [4.78, 5) is 30.0. The molecule has 1 aromatic heterocycles. The van der Waals surface area contributed by atoms with Gasteiger partial charge in [-0.1, -0.05) is 29.8 Å². The average Bonchev–Trinajstić information content (AvgIpc) is 2.60. The molecule has 1 aromatic carbocycles. The van der Waals surface area contributed by atoms with Crippen LogP contribution in [0.5, 0.6) is 0 Å². The number of pyridine rings is 1. The van der Waals surface area contributed by atoms with E-state index in [1.54, 1.807) is 24.3 Å². The molecule has 2 rings (SSSR count). The molecule has 0 bridgehead atoms. The van der Waals surface area contributed by atoms with Crippen molar-refractivity contribution in [1.29, 1.82) is 0 Å². The van der Waals surface area contributed by atoms with Crippen molar-refractivity contribution in [3.63, 3.8) is 0 Å². The molecule has 132 valence electrons. The Labute approximate surface area is 149 Å². The highest BCUT2D eigenvalue weighted by molar-refractivity contribution is 5.79. The van der Waals surface area contributed by atoms with Crippen LogP contribution in [0.15, 0.2) is 48.8 Å². The monoisotopic (exact) mass is 339 g/mol. The van der Waals surface area contributed by atoms with Crippen molar-refractivity contribution in [2.75, 3.05) is 7.05 Å². The maximum absolute atomic E-state index is 12.7. The lowest BCUT2D eigenvalue weighted by molar-refractivity contribution is -0.132. The van der Waals surface area contributed by atoms with Crippen molar-refractivity contribution in [2.45, 2.75) is 39.3 Å². The smallest absolute Gasteiger partial charge is 0.225 e. The van der Waals surface area contributed by atoms with E-state index in [4.69, 9.17) is 0 Å². The van der Waals surface area contributed by atoms with Crippen LogP contribution in [-0.4, -0.2) is 28.7 Å². The summed E-state index contributed by atoms with van der Waals surface area (Å²) in [7, 11) is 1.79. The largest absolute Gasteiger partial charge is 0.349 e. The summed E-state index contributed by atoms with van der Waals surface area (Å²) in [5.41, 5.74) is 3.09. The van der Waals surface area contributed by atoms with Gasteiger partial charge in [0.2, 0.25) is 11.8 Å². The SMILES string of the molecule is CC(=O)N[C@H](CC(=O)N(C)[C@H](C)c1ccncc1)c1ccc(C)cc1. The van der Waals surface area contributed by atoms with E-state index in [1.807, 2.05) is 50.2 Å². The lowest BCUT2D eigenvalue weighted by Crippen LogP contribution is -2.35. The number of nitrogens with zero attached hydrogens (tertiary/aromatic N) is 2. The molecule has 1 N–H and O–H groups in total. The van der Waals surface area contributed by atoms with Crippen LogP contribution < -0.4 is 5.32 Å². The maximum Gasteiger partial charge on any atom is 0.225 e. The number of rotatable bonds is 6. The Balaban J connectivity index is 2.13. The van der Waals surface area contributed by atoms with E-state index in [-0.39, 0.29) is 30.3 Å². The summed E-state index contributed by atoms with van der Waals surface area (Å²) in [6.07, 6.45) is 3.65. The zero-order chi connectivity index (χ0) is 18.4. The number of hydrogen-bond donors (Lipinski definition) is 1. The summed E-state index contributed by atoms with van der Waals surface area (Å²) in [6.45, 7) is 5.45. The van der Waals surface area contributed by atoms with Crippen molar-refractivity contribution in [2.24, 2.45) is 0 Å². The summed E-state index contributed by atoms with van der Waals surface area (Å²) in [5.74, 6) is -0.174. The number of aromatic nitrogens is 1. The van der Waals surface area contributed by atoms with Gasteiger partial charge in [0.25, 0.3) is 0 Å². The standard InChI is InChI=1S/C20H25N3O2/c1-14-5-7-18(8-6-14)19(22-16(3)24)13-20(25)23(4)15(2)17-9-11-21-12-10-17/h5-12,15,19H,13H2,1-4H3,(H,22,24)/t15-,19-/m1/s1. The Hall–Kier alpha value is -2.69. The molecule has 5 nitrogen and oxygen atoms in total. The van der Waals surface area contributed by atoms with Crippen LogP contribution in [-0.2, 0) is 9.59 Å². The first-order chi connectivity index (χ1) is 11.9. The Morgan fingerprint density at radius 3 is 2.24 bits per heavy atom. The Morgan fingerprint density at radius 2 is 1.68 bits per heavy atom. The first-order valence-electron chi connectivity index (χ1n) is 8.37. The minimum absolute atomic E-state index is 0.0244. The third-order valence-corrected chi connectivity index (χ3v) is 4.40. The fraction of sp³-hybridized carbons (Fsp3) is 0.350. The summed E-state index contributed by atoms with van der Waals surface area (Å²) < 4.78 is 0. The van der Waals surface area contributed by atoms with Crippen LogP contribution >= 0.6 is 0 Å². The van der Waals surface area contributed by atoms with Crippen LogP contribution in [0.1, 0.15) is 49.0 Å². The zero-order valence-electron chi connectivity index (χ0n) is 15.2. The molecule has 0 fully saturated rings. The third-order valence-electron chi connectivity index (χ3n) is 4.40. The van der Waals surface area contributed by atoms with E-state index < -0.39 is 0 Å². The predicted molar refractivity (Wildman–Crippen MR) is 97.8 cm³/mol. The van der Waals surface area contributed by atoms with Crippen LogP contribution in [0.3, 0.4) is 0 Å². The van der Waals surface area contributed by atoms with Gasteiger partial charge >= 0.3 is 0 Å². The van der Waals surface area contributed by atoms with Gasteiger partial charge in [0.15, 0.2) is 0 Å². The van der Waals surface area contributed by atoms with Gasteiger partial charge in [-0.3, -0.25) is 14.6 Å². The van der Waals surface area contributed by atoms with Gasteiger partial charge in [-0.25, -0.2) is 0 Å². The molecule has 5 heteroatoms. The zero-order valence-corrected chi connectivity index (χ0v) is 15.2. The Morgan fingerprint density at radius 1 is 1.08 bits per heavy atom. The molecule has 2 amide bonds. The van der Waals surface area contributed by atoms with E-state index in [0.29, 0.717) is 0 Å². The van der Waals surface area contributed by atoms with Crippen LogP contribution in [0.2, 0.25) is 0 Å². The van der Waals surface area contributed by atoms with Gasteiger partial charge < -0.3 is 10.2 Å². The lowest BCUT2D eigenvalue weighted by Gasteiger charge is -2.27. The van der Waals surface area contributed by atoms with Gasteiger partial charge in [-0.2, -0.15) is 0 Å². The molecule has 0 unspecified atom stereocenters. The number of benzene rings is 1. The van der Waals surface area contributed by atoms with E-state index >= 15 is 0 Å². The molecule has 0 saturated carbocycles. The van der Waals surface area contributed by atoms with Crippen molar-refractivity contribution < 1.29 is 9.59 Å². The minimum atomic E-state index is -0.335. The highest BCUT2D eigenvalue weighted by Gasteiger charge is 2.22.